The zero-order valence-corrected chi connectivity index (χ0v) is 92.0. The summed E-state index contributed by atoms with van der Waals surface area (Å²) >= 11 is 10.4. The summed E-state index contributed by atoms with van der Waals surface area (Å²) < 4.78 is 40.8. The fraction of sp³-hybridized carbons (Fsp3) is 0.689. The maximum Gasteiger partial charge on any atom is 0.203 e. The van der Waals surface area contributed by atoms with Gasteiger partial charge in [-0.05, 0) is 136 Å². The fourth-order valence-corrected chi connectivity index (χ4v) is 25.2. The molecule has 6 heterocycles. The molecule has 0 saturated carbocycles. The van der Waals surface area contributed by atoms with E-state index >= 15 is 9.59 Å². The molecule has 8 nitrogen and oxygen atoms in total. The first-order chi connectivity index (χ1) is 67.2. The van der Waals surface area contributed by atoms with Gasteiger partial charge in [0, 0.05) is 59.9 Å². The molecule has 0 spiro atoms. The van der Waals surface area contributed by atoms with E-state index in [1.807, 2.05) is 59.1 Å². The van der Waals surface area contributed by atoms with Gasteiger partial charge < -0.3 is 28.4 Å². The first-order valence-electron chi connectivity index (χ1n) is 57.1. The molecule has 0 radical (unpaired) electrons. The van der Waals surface area contributed by atoms with Crippen LogP contribution in [-0.2, 0) is 0 Å². The van der Waals surface area contributed by atoms with Gasteiger partial charge in [0.25, 0.3) is 0 Å². The van der Waals surface area contributed by atoms with Gasteiger partial charge in [0.05, 0.1) is 49.4 Å². The average Bonchev–Trinajstić information content (AvgIpc) is 1.47. The van der Waals surface area contributed by atoms with E-state index in [1.54, 1.807) is 45.3 Å². The van der Waals surface area contributed by atoms with Gasteiger partial charge in [-0.3, -0.25) is 9.59 Å². The number of ether oxygens (including phenoxy) is 6. The average molecular weight is 1980 g/mol. The lowest BCUT2D eigenvalue weighted by Crippen LogP contribution is -2.09. The Morgan fingerprint density at radius 1 is 0.169 bits per heavy atom. The van der Waals surface area contributed by atoms with Crippen molar-refractivity contribution < 1.29 is 38.0 Å². The zero-order valence-electron chi connectivity index (χ0n) is 87.1. The number of hydrogen-bond acceptors (Lipinski definition) is 14. The lowest BCUT2D eigenvalue weighted by molar-refractivity contribution is 0.103. The number of carbonyl (C=O) groups is 2. The normalized spacial score (nSPS) is 11.6. The molecule has 0 aliphatic heterocycles. The van der Waals surface area contributed by atoms with Gasteiger partial charge in [0.1, 0.15) is 0 Å². The molecule has 136 heavy (non-hydrogen) atoms. The van der Waals surface area contributed by atoms with Crippen LogP contribution in [0.2, 0.25) is 0 Å². The largest absolute Gasteiger partial charge is 0.490 e. The van der Waals surface area contributed by atoms with Crippen LogP contribution >= 0.6 is 68.0 Å². The molecule has 8 rings (SSSR count). The Hall–Kier alpha value is -5.22. The molecule has 2 aromatic carbocycles. The molecule has 0 N–H and O–H groups in total. The summed E-state index contributed by atoms with van der Waals surface area (Å²) in [4.78, 5) is 43.4. The van der Waals surface area contributed by atoms with Crippen LogP contribution < -0.4 is 28.4 Å². The summed E-state index contributed by atoms with van der Waals surface area (Å²) in [5.74, 6) is 3.82. The van der Waals surface area contributed by atoms with Gasteiger partial charge in [-0.15, -0.1) is 68.0 Å². The van der Waals surface area contributed by atoms with Crippen molar-refractivity contribution in [2.45, 2.75) is 504 Å². The van der Waals surface area contributed by atoms with Crippen molar-refractivity contribution in [3.63, 3.8) is 0 Å². The summed E-state index contributed by atoms with van der Waals surface area (Å²) in [6.45, 7) is 17.3. The van der Waals surface area contributed by atoms with Gasteiger partial charge in [-0.1, -0.05) is 465 Å². The first kappa shape index (κ1) is 116. The lowest BCUT2D eigenvalue weighted by Gasteiger charge is -2.19. The van der Waals surface area contributed by atoms with Crippen LogP contribution in [0.15, 0.2) is 97.1 Å². The number of thiophene rings is 6. The molecule has 0 bridgehead atoms. The quantitative estimate of drug-likeness (QED) is 0.0275. The van der Waals surface area contributed by atoms with Gasteiger partial charge >= 0.3 is 0 Å². The van der Waals surface area contributed by atoms with Crippen LogP contribution in [0.3, 0.4) is 0 Å². The van der Waals surface area contributed by atoms with Gasteiger partial charge in [0.15, 0.2) is 23.0 Å². The summed E-state index contributed by atoms with van der Waals surface area (Å²) in [6, 6.07) is 34.1. The molecule has 0 aliphatic rings. The van der Waals surface area contributed by atoms with Crippen molar-refractivity contribution in [1.29, 1.82) is 0 Å². The molecule has 0 atom stereocenters. The van der Waals surface area contributed by atoms with Crippen molar-refractivity contribution in [2.75, 3.05) is 39.6 Å². The summed E-state index contributed by atoms with van der Waals surface area (Å²) in [6.07, 6.45) is 92.7. The topological polar surface area (TPSA) is 89.5 Å². The highest BCUT2D eigenvalue weighted by Gasteiger charge is 2.26. The van der Waals surface area contributed by atoms with E-state index in [0.29, 0.717) is 95.0 Å². The van der Waals surface area contributed by atoms with E-state index in [-0.39, 0.29) is 11.6 Å². The fourth-order valence-electron chi connectivity index (χ4n) is 18.7. The molecule has 0 unspecified atom stereocenters. The third-order valence-electron chi connectivity index (χ3n) is 27.4. The highest BCUT2D eigenvalue weighted by atomic mass is 32.1. The molecule has 0 aliphatic carbocycles. The Morgan fingerprint density at radius 2 is 0.301 bits per heavy atom. The Kier molecular flexibility index (Phi) is 66.0. The molecule has 8 aromatic rings. The second kappa shape index (κ2) is 77.4. The maximum atomic E-state index is 15.1. The monoisotopic (exact) mass is 1980 g/mol. The minimum absolute atomic E-state index is 0.0161. The van der Waals surface area contributed by atoms with E-state index in [9.17, 15) is 0 Å². The van der Waals surface area contributed by atoms with E-state index in [1.165, 1.54) is 415 Å². The van der Waals surface area contributed by atoms with Crippen LogP contribution in [0.4, 0.5) is 0 Å². The highest BCUT2D eigenvalue weighted by molar-refractivity contribution is 7.30. The number of hydrogen-bond donors (Lipinski definition) is 0. The number of benzene rings is 2. The standard InChI is InChI=1S/C122H190O8S6/c1-7-13-19-25-31-37-43-49-55-61-67-73-91-125-103-97-101(98-104(126-92-74-68-62-56-50-44-38-32-26-20-14-8-2)121(103)129-95-77-71-65-59-53-47-41-35-29-23-17-11-5)119(123)117-89-87-115(135-117)113-85-83-111(133-113)109-81-79-107(131-109)108-80-82-110(132-108)112-84-86-114(134-112)116-88-90-118(136-116)120(124)102-99-105(127-93-75-69-63-57-51-45-39-33-27-21-15-9-3)122(130-96-78-72-66-60-54-48-42-36-30-24-18-12-6)106(100-102)128-94-76-70-64-58-52-46-40-34-28-22-16-10-4/h79-90,97-100H,7-78,91-96H2,1-6H3. The number of ketones is 2. The molecule has 0 fully saturated rings. The zero-order chi connectivity index (χ0) is 95.7. The summed E-state index contributed by atoms with van der Waals surface area (Å²) in [5, 5.41) is 0. The van der Waals surface area contributed by atoms with Crippen molar-refractivity contribution in [2.24, 2.45) is 0 Å². The molecule has 14 heteroatoms. The number of unbranched alkanes of at least 4 members (excludes halogenated alkanes) is 66. The summed E-state index contributed by atoms with van der Waals surface area (Å²) in [7, 11) is 0. The van der Waals surface area contributed by atoms with Crippen molar-refractivity contribution in [3.05, 3.63) is 118 Å². The Bertz CT molecular complexity index is 3870. The predicted octanol–water partition coefficient (Wildman–Crippen LogP) is 43.3. The molecule has 0 saturated heterocycles. The minimum atomic E-state index is -0.0161. The van der Waals surface area contributed by atoms with Gasteiger partial charge in [-0.2, -0.15) is 0 Å². The molecule has 0 amide bonds. The van der Waals surface area contributed by atoms with Gasteiger partial charge in [0.2, 0.25) is 23.1 Å². The smallest absolute Gasteiger partial charge is 0.203 e. The van der Waals surface area contributed by atoms with E-state index in [2.05, 4.69) is 102 Å². The highest BCUT2D eigenvalue weighted by Crippen LogP contribution is 2.49. The first-order valence-corrected chi connectivity index (χ1v) is 62.0. The third-order valence-corrected chi connectivity index (χ3v) is 34.9. The van der Waals surface area contributed by atoms with Crippen LogP contribution in [0, 0.1) is 0 Å². The van der Waals surface area contributed by atoms with Crippen LogP contribution in [-0.4, -0.2) is 51.2 Å². The Labute approximate surface area is 855 Å². The van der Waals surface area contributed by atoms with E-state index in [4.69, 9.17) is 28.4 Å². The second-order valence-electron chi connectivity index (χ2n) is 39.7. The van der Waals surface area contributed by atoms with E-state index < -0.39 is 0 Å². The van der Waals surface area contributed by atoms with Crippen LogP contribution in [0.5, 0.6) is 34.5 Å². The van der Waals surface area contributed by atoms with Crippen molar-refractivity contribution in [3.8, 4) is 83.3 Å². The van der Waals surface area contributed by atoms with Crippen molar-refractivity contribution >= 4 is 79.6 Å². The molecular formula is C122H190O8S6. The number of rotatable bonds is 93. The molecular weight excluding hydrogens is 1790 g/mol. The maximum absolute atomic E-state index is 15.1. The second-order valence-corrected chi connectivity index (χ2v) is 46.2. The Balaban J connectivity index is 0.922. The molecule has 762 valence electrons. The number of carbonyl (C=O) groups excluding carboxylic acids is 2. The molecule has 6 aromatic heterocycles. The lowest BCUT2D eigenvalue weighted by atomic mass is 10.1. The van der Waals surface area contributed by atoms with Crippen LogP contribution in [0.1, 0.15) is 534 Å². The predicted molar refractivity (Wildman–Crippen MR) is 600 cm³/mol. The SMILES string of the molecule is CCCCCCCCCCCCCCOc1cc(C(=O)c2ccc(-c3ccc(-c4ccc(-c5ccc(-c6ccc(-c7ccc(C(=O)c8cc(OCCCCCCCCCCCCCC)c(OCCCCCCCCCCCCCC)c(OCCCCCCCCCCCCCC)c8)s7)s6)s5)s4)s3)s2)cc(OCCCCCCCCCCCCCC)c1OCCCCCCCCCCCCCC. The van der Waals surface area contributed by atoms with Crippen molar-refractivity contribution in [1.82, 2.24) is 0 Å². The van der Waals surface area contributed by atoms with Crippen LogP contribution in [0.25, 0.3) is 48.8 Å². The van der Waals surface area contributed by atoms with Gasteiger partial charge in [-0.25, -0.2) is 0 Å². The van der Waals surface area contributed by atoms with E-state index in [0.717, 1.165) is 96.6 Å². The summed E-state index contributed by atoms with van der Waals surface area (Å²) in [5.41, 5.74) is 1.17. The third kappa shape index (κ3) is 49.2. The Morgan fingerprint density at radius 3 is 0.463 bits per heavy atom. The minimum Gasteiger partial charge on any atom is -0.490 e.